The van der Waals surface area contributed by atoms with E-state index < -0.39 is 0 Å². The van der Waals surface area contributed by atoms with Crippen LogP contribution < -0.4 is 4.74 Å². The fraction of sp³-hybridized carbons (Fsp3) is 0.150. The van der Waals surface area contributed by atoms with Gasteiger partial charge in [0.05, 0.1) is 30.7 Å². The molecule has 1 aromatic carbocycles. The van der Waals surface area contributed by atoms with E-state index in [4.69, 9.17) is 9.47 Å². The van der Waals surface area contributed by atoms with Gasteiger partial charge >= 0.3 is 0 Å². The standard InChI is InChI=1S/C20H18N4O2/c1-25-12-13-3-4-15-10-19(22-17(15)9-13)16-11-18(23-24-20(16)26-2)14-5-7-21-8-6-14/h3-11,22H,12H2,1-2H3. The molecule has 0 saturated carbocycles. The molecule has 0 aliphatic carbocycles. The average molecular weight is 346 g/mol. The van der Waals surface area contributed by atoms with Crippen LogP contribution in [-0.4, -0.2) is 34.4 Å². The topological polar surface area (TPSA) is 72.9 Å². The molecule has 0 spiro atoms. The summed E-state index contributed by atoms with van der Waals surface area (Å²) >= 11 is 0. The molecule has 130 valence electrons. The molecule has 0 aliphatic heterocycles. The Bertz CT molecular complexity index is 1040. The summed E-state index contributed by atoms with van der Waals surface area (Å²) in [6.07, 6.45) is 3.47. The van der Waals surface area contributed by atoms with Crippen LogP contribution in [0.2, 0.25) is 0 Å². The Hall–Kier alpha value is -3.25. The zero-order valence-corrected chi connectivity index (χ0v) is 14.6. The maximum Gasteiger partial charge on any atom is 0.242 e. The molecule has 0 unspecified atom stereocenters. The monoisotopic (exact) mass is 346 g/mol. The molecule has 0 atom stereocenters. The van der Waals surface area contributed by atoms with E-state index in [1.807, 2.05) is 18.2 Å². The van der Waals surface area contributed by atoms with E-state index in [0.717, 1.165) is 39.0 Å². The van der Waals surface area contributed by atoms with E-state index in [9.17, 15) is 0 Å². The van der Waals surface area contributed by atoms with Gasteiger partial charge in [0.2, 0.25) is 5.88 Å². The summed E-state index contributed by atoms with van der Waals surface area (Å²) in [6.45, 7) is 0.580. The van der Waals surface area contributed by atoms with Crippen molar-refractivity contribution in [1.82, 2.24) is 20.2 Å². The number of benzene rings is 1. The first kappa shape index (κ1) is 16.2. The highest BCUT2D eigenvalue weighted by atomic mass is 16.5. The Labute approximate surface area is 150 Å². The number of H-pyrrole nitrogens is 1. The predicted octanol–water partition coefficient (Wildman–Crippen LogP) is 3.84. The highest BCUT2D eigenvalue weighted by Crippen LogP contribution is 2.32. The number of fused-ring (bicyclic) bond motifs is 1. The zero-order valence-electron chi connectivity index (χ0n) is 14.6. The van der Waals surface area contributed by atoms with Gasteiger partial charge in [-0.25, -0.2) is 0 Å². The predicted molar refractivity (Wildman–Crippen MR) is 99.8 cm³/mol. The van der Waals surface area contributed by atoms with Crippen LogP contribution in [0.1, 0.15) is 5.56 Å². The van der Waals surface area contributed by atoms with Crippen molar-refractivity contribution >= 4 is 10.9 Å². The van der Waals surface area contributed by atoms with Gasteiger partial charge in [-0.2, -0.15) is 0 Å². The van der Waals surface area contributed by atoms with Crippen molar-refractivity contribution in [2.45, 2.75) is 6.61 Å². The second-order valence-corrected chi connectivity index (χ2v) is 5.93. The van der Waals surface area contributed by atoms with Crippen molar-refractivity contribution in [3.8, 4) is 28.4 Å². The van der Waals surface area contributed by atoms with Crippen LogP contribution in [-0.2, 0) is 11.3 Å². The maximum absolute atomic E-state index is 5.42. The fourth-order valence-electron chi connectivity index (χ4n) is 2.96. The number of nitrogens with zero attached hydrogens (tertiary/aromatic N) is 3. The number of rotatable bonds is 5. The van der Waals surface area contributed by atoms with E-state index in [-0.39, 0.29) is 0 Å². The van der Waals surface area contributed by atoms with Crippen molar-refractivity contribution < 1.29 is 9.47 Å². The van der Waals surface area contributed by atoms with Gasteiger partial charge in [-0.05, 0) is 35.9 Å². The fourth-order valence-corrected chi connectivity index (χ4v) is 2.96. The first-order chi connectivity index (χ1) is 12.8. The number of methoxy groups -OCH3 is 2. The second kappa shape index (κ2) is 6.93. The molecule has 0 aliphatic rings. The van der Waals surface area contributed by atoms with Crippen molar-refractivity contribution in [2.75, 3.05) is 14.2 Å². The molecule has 0 fully saturated rings. The van der Waals surface area contributed by atoms with Crippen LogP contribution >= 0.6 is 0 Å². The molecule has 26 heavy (non-hydrogen) atoms. The van der Waals surface area contributed by atoms with Crippen molar-refractivity contribution in [3.05, 3.63) is 60.4 Å². The Kier molecular flexibility index (Phi) is 4.33. The van der Waals surface area contributed by atoms with E-state index in [1.54, 1.807) is 26.6 Å². The van der Waals surface area contributed by atoms with Crippen molar-refractivity contribution in [1.29, 1.82) is 0 Å². The van der Waals surface area contributed by atoms with Crippen LogP contribution in [0.5, 0.6) is 5.88 Å². The van der Waals surface area contributed by atoms with E-state index >= 15 is 0 Å². The minimum Gasteiger partial charge on any atom is -0.479 e. The molecule has 0 radical (unpaired) electrons. The molecule has 0 bridgehead atoms. The summed E-state index contributed by atoms with van der Waals surface area (Å²) in [5.74, 6) is 0.478. The van der Waals surface area contributed by atoms with Crippen LogP contribution in [0.3, 0.4) is 0 Å². The number of nitrogens with one attached hydrogen (secondary N) is 1. The number of hydrogen-bond donors (Lipinski definition) is 1. The SMILES string of the molecule is COCc1ccc2cc(-c3cc(-c4ccncc4)nnc3OC)[nH]c2c1. The summed E-state index contributed by atoms with van der Waals surface area (Å²) in [6, 6.07) is 14.1. The van der Waals surface area contributed by atoms with Gasteiger partial charge in [-0.3, -0.25) is 4.98 Å². The molecule has 3 heterocycles. The number of ether oxygens (including phenoxy) is 2. The highest BCUT2D eigenvalue weighted by Gasteiger charge is 2.14. The van der Waals surface area contributed by atoms with Crippen LogP contribution in [0.4, 0.5) is 0 Å². The summed E-state index contributed by atoms with van der Waals surface area (Å²) in [5, 5.41) is 9.61. The first-order valence-corrected chi connectivity index (χ1v) is 8.21. The molecule has 3 aromatic heterocycles. The summed E-state index contributed by atoms with van der Waals surface area (Å²) < 4.78 is 10.6. The largest absolute Gasteiger partial charge is 0.479 e. The number of aromatic nitrogens is 4. The summed E-state index contributed by atoms with van der Waals surface area (Å²) in [4.78, 5) is 7.50. The van der Waals surface area contributed by atoms with Crippen LogP contribution in [0.15, 0.2) is 54.9 Å². The van der Waals surface area contributed by atoms with Gasteiger partial charge in [-0.1, -0.05) is 12.1 Å². The molecular formula is C20H18N4O2. The van der Waals surface area contributed by atoms with Gasteiger partial charge in [-0.15, -0.1) is 10.2 Å². The summed E-state index contributed by atoms with van der Waals surface area (Å²) in [7, 11) is 3.29. The highest BCUT2D eigenvalue weighted by molar-refractivity contribution is 5.87. The summed E-state index contributed by atoms with van der Waals surface area (Å²) in [5.41, 5.74) is 5.66. The van der Waals surface area contributed by atoms with E-state index in [2.05, 4.69) is 44.4 Å². The molecule has 4 aromatic rings. The van der Waals surface area contributed by atoms with Crippen LogP contribution in [0.25, 0.3) is 33.4 Å². The van der Waals surface area contributed by atoms with Gasteiger partial charge in [0.15, 0.2) is 0 Å². The lowest BCUT2D eigenvalue weighted by Crippen LogP contribution is -1.96. The van der Waals surface area contributed by atoms with Gasteiger partial charge in [0.25, 0.3) is 0 Å². The van der Waals surface area contributed by atoms with Crippen LogP contribution in [0, 0.1) is 0 Å². The molecule has 6 heteroatoms. The Morgan fingerprint density at radius 1 is 0.962 bits per heavy atom. The normalized spacial score (nSPS) is 11.0. The Balaban J connectivity index is 1.82. The molecule has 0 amide bonds. The van der Waals surface area contributed by atoms with Gasteiger partial charge in [0, 0.05) is 36.0 Å². The minimum atomic E-state index is 0.478. The minimum absolute atomic E-state index is 0.478. The third kappa shape index (κ3) is 3.02. The molecular weight excluding hydrogens is 328 g/mol. The molecule has 1 N–H and O–H groups in total. The average Bonchev–Trinajstić information content (AvgIpc) is 3.11. The Morgan fingerprint density at radius 2 is 1.81 bits per heavy atom. The number of aromatic amines is 1. The van der Waals surface area contributed by atoms with Gasteiger partial charge in [0.1, 0.15) is 0 Å². The van der Waals surface area contributed by atoms with E-state index in [0.29, 0.717) is 12.5 Å². The quantitative estimate of drug-likeness (QED) is 0.594. The Morgan fingerprint density at radius 3 is 2.58 bits per heavy atom. The second-order valence-electron chi connectivity index (χ2n) is 5.93. The zero-order chi connectivity index (χ0) is 17.9. The maximum atomic E-state index is 5.42. The lowest BCUT2D eigenvalue weighted by Gasteiger charge is -2.07. The lowest BCUT2D eigenvalue weighted by atomic mass is 10.1. The third-order valence-corrected chi connectivity index (χ3v) is 4.22. The van der Waals surface area contributed by atoms with Crippen molar-refractivity contribution in [2.24, 2.45) is 0 Å². The smallest absolute Gasteiger partial charge is 0.242 e. The first-order valence-electron chi connectivity index (χ1n) is 8.21. The number of hydrogen-bond acceptors (Lipinski definition) is 5. The molecule has 6 nitrogen and oxygen atoms in total. The molecule has 0 saturated heterocycles. The lowest BCUT2D eigenvalue weighted by molar-refractivity contribution is 0.185. The number of pyridine rings is 1. The van der Waals surface area contributed by atoms with E-state index in [1.165, 1.54) is 0 Å². The third-order valence-electron chi connectivity index (χ3n) is 4.22. The molecule has 4 rings (SSSR count). The van der Waals surface area contributed by atoms with Crippen molar-refractivity contribution in [3.63, 3.8) is 0 Å². The van der Waals surface area contributed by atoms with Gasteiger partial charge < -0.3 is 14.5 Å².